The van der Waals surface area contributed by atoms with E-state index in [0.29, 0.717) is 38.5 Å². The van der Waals surface area contributed by atoms with Crippen LogP contribution in [0.4, 0.5) is 4.79 Å². The molecule has 1 aromatic carbocycles. The van der Waals surface area contributed by atoms with Gasteiger partial charge >= 0.3 is 6.03 Å². The molecule has 35 heavy (non-hydrogen) atoms. The molecule has 2 aromatic rings. The number of rotatable bonds is 8. The number of piperidine rings is 1. The summed E-state index contributed by atoms with van der Waals surface area (Å²) in [6.07, 6.45) is 3.17. The van der Waals surface area contributed by atoms with Gasteiger partial charge in [-0.1, -0.05) is 26.0 Å². The predicted octanol–water partition coefficient (Wildman–Crippen LogP) is 4.31. The van der Waals surface area contributed by atoms with E-state index < -0.39 is 5.54 Å². The van der Waals surface area contributed by atoms with Crippen molar-refractivity contribution >= 4 is 23.3 Å². The molecule has 0 saturated carbocycles. The largest absolute Gasteiger partial charge is 0.486 e. The van der Waals surface area contributed by atoms with E-state index in [9.17, 15) is 9.59 Å². The minimum Gasteiger partial charge on any atom is -0.486 e. The number of likely N-dealkylation sites (tertiary alicyclic amines) is 1. The van der Waals surface area contributed by atoms with E-state index >= 15 is 0 Å². The SMILES string of the molecule is CC(C)C[C@]1(C2CCN(Cc3ccc4c(c3)OCCO4)CC2)NC(=O)N(CCc2cccs2)C1=O. The van der Waals surface area contributed by atoms with E-state index in [1.54, 1.807) is 11.3 Å². The number of thiophene rings is 1. The number of nitrogens with zero attached hydrogens (tertiary/aromatic N) is 2. The third-order valence-corrected chi connectivity index (χ3v) is 8.33. The number of ether oxygens (including phenoxy) is 2. The Morgan fingerprint density at radius 1 is 1.11 bits per heavy atom. The summed E-state index contributed by atoms with van der Waals surface area (Å²) in [4.78, 5) is 31.8. The number of hydrogen-bond acceptors (Lipinski definition) is 6. The summed E-state index contributed by atoms with van der Waals surface area (Å²) < 4.78 is 11.4. The Hall–Kier alpha value is -2.58. The van der Waals surface area contributed by atoms with E-state index in [1.807, 2.05) is 17.5 Å². The number of fused-ring (bicyclic) bond motifs is 1. The lowest BCUT2D eigenvalue weighted by atomic mass is 9.73. The fourth-order valence-corrected chi connectivity index (χ4v) is 6.48. The van der Waals surface area contributed by atoms with E-state index in [4.69, 9.17) is 9.47 Å². The Kier molecular flexibility index (Phi) is 7.02. The van der Waals surface area contributed by atoms with Crippen LogP contribution < -0.4 is 14.8 Å². The highest BCUT2D eigenvalue weighted by Gasteiger charge is 2.55. The summed E-state index contributed by atoms with van der Waals surface area (Å²) in [6, 6.07) is 10.0. The van der Waals surface area contributed by atoms with E-state index in [-0.39, 0.29) is 17.9 Å². The molecular weight excluding hydrogens is 462 g/mol. The molecule has 0 unspecified atom stereocenters. The van der Waals surface area contributed by atoms with Crippen molar-refractivity contribution < 1.29 is 19.1 Å². The number of carbonyl (C=O) groups is 2. The minimum absolute atomic E-state index is 0.0296. The van der Waals surface area contributed by atoms with Crippen molar-refractivity contribution in [1.82, 2.24) is 15.1 Å². The maximum absolute atomic E-state index is 13.7. The molecule has 188 valence electrons. The first-order valence-corrected chi connectivity index (χ1v) is 13.6. The predicted molar refractivity (Wildman–Crippen MR) is 136 cm³/mol. The van der Waals surface area contributed by atoms with Crippen molar-refractivity contribution in [3.63, 3.8) is 0 Å². The van der Waals surface area contributed by atoms with Crippen molar-refractivity contribution in [3.8, 4) is 11.5 Å². The third kappa shape index (κ3) is 5.05. The summed E-state index contributed by atoms with van der Waals surface area (Å²) in [5.74, 6) is 2.06. The molecule has 0 spiro atoms. The van der Waals surface area contributed by atoms with Crippen molar-refractivity contribution in [2.45, 2.75) is 51.6 Å². The van der Waals surface area contributed by atoms with Crippen molar-refractivity contribution in [3.05, 3.63) is 46.2 Å². The standard InChI is InChI=1S/C27H35N3O4S/c1-19(2)17-27(25(31)30(26(32)28-27)12-9-22-4-3-15-35-22)21-7-10-29(11-8-21)18-20-5-6-23-24(16-20)34-14-13-33-23/h3-6,15-16,19,21H,7-14,17-18H2,1-2H3,(H,28,32)/t27-/m1/s1. The molecule has 3 aliphatic heterocycles. The Morgan fingerprint density at radius 3 is 2.60 bits per heavy atom. The summed E-state index contributed by atoms with van der Waals surface area (Å²) in [5, 5.41) is 5.22. The van der Waals surface area contributed by atoms with Gasteiger partial charge in [-0.2, -0.15) is 0 Å². The van der Waals surface area contributed by atoms with Crippen LogP contribution in [0.15, 0.2) is 35.7 Å². The molecule has 8 heteroatoms. The quantitative estimate of drug-likeness (QED) is 0.551. The first kappa shape index (κ1) is 24.1. The molecular formula is C27H35N3O4S. The summed E-state index contributed by atoms with van der Waals surface area (Å²) in [7, 11) is 0. The van der Waals surface area contributed by atoms with E-state index in [1.165, 1.54) is 15.3 Å². The van der Waals surface area contributed by atoms with Gasteiger partial charge in [0, 0.05) is 18.0 Å². The Bertz CT molecular complexity index is 1050. The normalized spacial score (nSPS) is 23.2. The molecule has 1 N–H and O–H groups in total. The highest BCUT2D eigenvalue weighted by Crippen LogP contribution is 2.39. The molecule has 0 bridgehead atoms. The zero-order chi connectivity index (χ0) is 24.4. The fraction of sp³-hybridized carbons (Fsp3) is 0.556. The molecule has 4 heterocycles. The van der Waals surface area contributed by atoms with Gasteiger partial charge in [0.15, 0.2) is 11.5 Å². The van der Waals surface area contributed by atoms with Crippen LogP contribution in [0.2, 0.25) is 0 Å². The second-order valence-corrected chi connectivity index (χ2v) is 11.3. The van der Waals surface area contributed by atoms with Gasteiger partial charge in [0.25, 0.3) is 5.91 Å². The van der Waals surface area contributed by atoms with Crippen molar-refractivity contribution in [1.29, 1.82) is 0 Å². The zero-order valence-corrected chi connectivity index (χ0v) is 21.4. The Balaban J connectivity index is 1.24. The molecule has 0 radical (unpaired) electrons. The molecule has 3 aliphatic rings. The van der Waals surface area contributed by atoms with Gasteiger partial charge in [-0.05, 0) is 79.8 Å². The van der Waals surface area contributed by atoms with Gasteiger partial charge in [-0.15, -0.1) is 11.3 Å². The summed E-state index contributed by atoms with van der Waals surface area (Å²) in [5.41, 5.74) is 0.415. The van der Waals surface area contributed by atoms with Crippen LogP contribution in [-0.2, 0) is 17.8 Å². The topological polar surface area (TPSA) is 71.1 Å². The number of benzene rings is 1. The van der Waals surface area contributed by atoms with Crippen LogP contribution in [0.5, 0.6) is 11.5 Å². The van der Waals surface area contributed by atoms with Gasteiger partial charge in [0.1, 0.15) is 18.8 Å². The molecule has 1 atom stereocenters. The van der Waals surface area contributed by atoms with E-state index in [0.717, 1.165) is 44.0 Å². The number of carbonyl (C=O) groups excluding carboxylic acids is 2. The minimum atomic E-state index is -0.788. The number of imide groups is 1. The Morgan fingerprint density at radius 2 is 1.89 bits per heavy atom. The van der Waals surface area contributed by atoms with Gasteiger partial charge in [-0.3, -0.25) is 14.6 Å². The number of amides is 3. The van der Waals surface area contributed by atoms with Crippen LogP contribution in [0, 0.1) is 11.8 Å². The van der Waals surface area contributed by atoms with Crippen molar-refractivity contribution in [2.75, 3.05) is 32.8 Å². The molecule has 2 fully saturated rings. The third-order valence-electron chi connectivity index (χ3n) is 7.39. The summed E-state index contributed by atoms with van der Waals surface area (Å²) >= 11 is 1.67. The van der Waals surface area contributed by atoms with Crippen LogP contribution >= 0.6 is 11.3 Å². The van der Waals surface area contributed by atoms with Gasteiger partial charge in [0.05, 0.1) is 0 Å². The highest BCUT2D eigenvalue weighted by molar-refractivity contribution is 7.09. The number of urea groups is 1. The lowest BCUT2D eigenvalue weighted by Crippen LogP contribution is -2.56. The molecule has 1 aromatic heterocycles. The average molecular weight is 498 g/mol. The van der Waals surface area contributed by atoms with Crippen molar-refractivity contribution in [2.24, 2.45) is 11.8 Å². The lowest BCUT2D eigenvalue weighted by Gasteiger charge is -2.41. The van der Waals surface area contributed by atoms with Crippen LogP contribution in [0.1, 0.15) is 43.6 Å². The molecule has 0 aliphatic carbocycles. The maximum Gasteiger partial charge on any atom is 0.325 e. The van der Waals surface area contributed by atoms with Gasteiger partial charge in [-0.25, -0.2) is 4.79 Å². The summed E-state index contributed by atoms with van der Waals surface area (Å²) in [6.45, 7) is 8.53. The molecule has 5 rings (SSSR count). The second kappa shape index (κ2) is 10.2. The zero-order valence-electron chi connectivity index (χ0n) is 20.6. The first-order valence-electron chi connectivity index (χ1n) is 12.7. The second-order valence-electron chi connectivity index (χ2n) is 10.3. The Labute approximate surface area is 211 Å². The lowest BCUT2D eigenvalue weighted by molar-refractivity contribution is -0.134. The van der Waals surface area contributed by atoms with Crippen LogP contribution in [-0.4, -0.2) is 60.1 Å². The smallest absolute Gasteiger partial charge is 0.325 e. The first-order chi connectivity index (χ1) is 16.9. The average Bonchev–Trinajstić information content (AvgIpc) is 3.45. The number of hydrogen-bond donors (Lipinski definition) is 1. The van der Waals surface area contributed by atoms with E-state index in [2.05, 4.69) is 42.3 Å². The molecule has 7 nitrogen and oxygen atoms in total. The fourth-order valence-electron chi connectivity index (χ4n) is 5.78. The maximum atomic E-state index is 13.7. The van der Waals surface area contributed by atoms with Gasteiger partial charge < -0.3 is 14.8 Å². The van der Waals surface area contributed by atoms with Crippen LogP contribution in [0.3, 0.4) is 0 Å². The molecule has 2 saturated heterocycles. The van der Waals surface area contributed by atoms with Gasteiger partial charge in [0.2, 0.25) is 0 Å². The monoisotopic (exact) mass is 497 g/mol. The molecule has 3 amide bonds. The highest BCUT2D eigenvalue weighted by atomic mass is 32.1. The van der Waals surface area contributed by atoms with Crippen LogP contribution in [0.25, 0.3) is 0 Å². The number of nitrogens with one attached hydrogen (secondary N) is 1.